The van der Waals surface area contributed by atoms with Gasteiger partial charge in [0.05, 0.1) is 23.2 Å². The van der Waals surface area contributed by atoms with Gasteiger partial charge >= 0.3 is 0 Å². The molecule has 6 heteroatoms. The Bertz CT molecular complexity index is 940. The molecule has 2 N–H and O–H groups in total. The van der Waals surface area contributed by atoms with Crippen molar-refractivity contribution in [3.05, 3.63) is 23.3 Å². The van der Waals surface area contributed by atoms with Gasteiger partial charge in [0.1, 0.15) is 0 Å². The number of benzene rings is 1. The Kier molecular flexibility index (Phi) is 5.21. The average molecular weight is 411 g/mol. The highest BCUT2D eigenvalue weighted by Gasteiger charge is 2.33. The van der Waals surface area contributed by atoms with Crippen LogP contribution in [0.15, 0.2) is 12.1 Å². The van der Waals surface area contributed by atoms with Crippen molar-refractivity contribution in [3.8, 4) is 0 Å². The van der Waals surface area contributed by atoms with Gasteiger partial charge in [0, 0.05) is 25.0 Å². The van der Waals surface area contributed by atoms with Gasteiger partial charge in [-0.25, -0.2) is 4.98 Å². The number of carbonyl (C=O) groups excluding carboxylic acids is 1. The topological polar surface area (TPSA) is 70.4 Å². The number of nitrogens with zero attached hydrogens (tertiary/aromatic N) is 3. The van der Waals surface area contributed by atoms with E-state index in [0.717, 1.165) is 56.7 Å². The molecule has 1 aromatic heterocycles. The van der Waals surface area contributed by atoms with Crippen molar-refractivity contribution in [2.24, 2.45) is 5.92 Å². The van der Waals surface area contributed by atoms with Crippen molar-refractivity contribution in [2.45, 2.75) is 83.4 Å². The standard InChI is InChI=1S/C24H34N4O2/c1-15-13-20-21(14-16(15)2)28(18-5-3-6-18)24(26-20)27-11-9-17(10-12-27)23(30)25-19-7-4-8-22(19)29/h13-14,17-19,22,29H,3-12H2,1-2H3,(H,25,30)/t19-,22-/m0/s1. The number of nitrogens with one attached hydrogen (secondary N) is 1. The molecule has 1 aliphatic heterocycles. The van der Waals surface area contributed by atoms with Gasteiger partial charge in [0.25, 0.3) is 0 Å². The number of aromatic nitrogens is 2. The maximum absolute atomic E-state index is 12.7. The first kappa shape index (κ1) is 19.9. The Morgan fingerprint density at radius 2 is 1.73 bits per heavy atom. The van der Waals surface area contributed by atoms with Gasteiger partial charge in [0.2, 0.25) is 11.9 Å². The summed E-state index contributed by atoms with van der Waals surface area (Å²) >= 11 is 0. The summed E-state index contributed by atoms with van der Waals surface area (Å²) in [5.74, 6) is 1.25. The lowest BCUT2D eigenvalue weighted by atomic mass is 9.92. The number of rotatable bonds is 4. The SMILES string of the molecule is Cc1cc2nc(N3CCC(C(=O)N[C@H]4CCC[C@@H]4O)CC3)n(C3CCC3)c2cc1C. The third kappa shape index (κ3) is 3.49. The minimum Gasteiger partial charge on any atom is -0.391 e. The van der Waals surface area contributed by atoms with Crippen LogP contribution in [0, 0.1) is 19.8 Å². The lowest BCUT2D eigenvalue weighted by Gasteiger charge is -2.36. The van der Waals surface area contributed by atoms with E-state index in [2.05, 4.69) is 40.8 Å². The number of aliphatic hydroxyl groups is 1. The molecule has 30 heavy (non-hydrogen) atoms. The summed E-state index contributed by atoms with van der Waals surface area (Å²) < 4.78 is 2.47. The number of amides is 1. The van der Waals surface area contributed by atoms with Crippen molar-refractivity contribution in [2.75, 3.05) is 18.0 Å². The van der Waals surface area contributed by atoms with Crippen molar-refractivity contribution in [3.63, 3.8) is 0 Å². The molecule has 3 fully saturated rings. The smallest absolute Gasteiger partial charge is 0.223 e. The molecule has 0 bridgehead atoms. The summed E-state index contributed by atoms with van der Waals surface area (Å²) in [7, 11) is 0. The Balaban J connectivity index is 1.32. The monoisotopic (exact) mass is 410 g/mol. The minimum atomic E-state index is -0.372. The molecule has 3 aliphatic rings. The number of hydrogen-bond donors (Lipinski definition) is 2. The van der Waals surface area contributed by atoms with Crippen LogP contribution < -0.4 is 10.2 Å². The predicted octanol–water partition coefficient (Wildman–Crippen LogP) is 3.62. The molecule has 0 unspecified atom stereocenters. The normalized spacial score (nSPS) is 25.6. The van der Waals surface area contributed by atoms with E-state index in [0.29, 0.717) is 6.04 Å². The molecule has 1 aromatic carbocycles. The van der Waals surface area contributed by atoms with Crippen LogP contribution in [-0.4, -0.2) is 45.8 Å². The van der Waals surface area contributed by atoms with Gasteiger partial charge in [-0.05, 0) is 88.5 Å². The summed E-state index contributed by atoms with van der Waals surface area (Å²) in [4.78, 5) is 20.2. The van der Waals surface area contributed by atoms with Crippen LogP contribution in [0.1, 0.15) is 68.5 Å². The summed E-state index contributed by atoms with van der Waals surface area (Å²) in [6.07, 6.45) is 7.78. The lowest BCUT2D eigenvalue weighted by Crippen LogP contribution is -2.46. The third-order valence-electron chi connectivity index (χ3n) is 7.68. The molecule has 2 heterocycles. The maximum atomic E-state index is 12.7. The number of imidazole rings is 1. The van der Waals surface area contributed by atoms with E-state index in [4.69, 9.17) is 4.98 Å². The molecule has 2 aliphatic carbocycles. The minimum absolute atomic E-state index is 0.0417. The second-order valence-corrected chi connectivity index (χ2v) is 9.67. The van der Waals surface area contributed by atoms with Crippen LogP contribution in [0.25, 0.3) is 11.0 Å². The quantitative estimate of drug-likeness (QED) is 0.808. The highest BCUT2D eigenvalue weighted by atomic mass is 16.3. The molecule has 162 valence electrons. The highest BCUT2D eigenvalue weighted by Crippen LogP contribution is 2.39. The van der Waals surface area contributed by atoms with E-state index >= 15 is 0 Å². The van der Waals surface area contributed by atoms with Gasteiger partial charge in [-0.15, -0.1) is 0 Å². The fourth-order valence-corrected chi connectivity index (χ4v) is 5.32. The second-order valence-electron chi connectivity index (χ2n) is 9.67. The number of hydrogen-bond acceptors (Lipinski definition) is 4. The molecular formula is C24H34N4O2. The lowest BCUT2D eigenvalue weighted by molar-refractivity contribution is -0.127. The second kappa shape index (κ2) is 7.88. The third-order valence-corrected chi connectivity index (χ3v) is 7.68. The van der Waals surface area contributed by atoms with E-state index in [9.17, 15) is 9.90 Å². The number of anilines is 1. The van der Waals surface area contributed by atoms with Gasteiger partial charge in [0.15, 0.2) is 0 Å². The van der Waals surface area contributed by atoms with Crippen molar-refractivity contribution in [1.82, 2.24) is 14.9 Å². The number of piperidine rings is 1. The summed E-state index contributed by atoms with van der Waals surface area (Å²) in [5, 5.41) is 13.1. The van der Waals surface area contributed by atoms with E-state index < -0.39 is 0 Å². The van der Waals surface area contributed by atoms with Gasteiger partial charge in [-0.2, -0.15) is 0 Å². The van der Waals surface area contributed by atoms with Gasteiger partial charge in [-0.1, -0.05) is 0 Å². The van der Waals surface area contributed by atoms with Crippen LogP contribution in [0.3, 0.4) is 0 Å². The first-order valence-electron chi connectivity index (χ1n) is 11.7. The Morgan fingerprint density at radius 1 is 1.03 bits per heavy atom. The van der Waals surface area contributed by atoms with E-state index in [1.165, 1.54) is 35.9 Å². The Labute approximate surface area is 178 Å². The summed E-state index contributed by atoms with van der Waals surface area (Å²) in [6.45, 7) is 6.05. The molecule has 6 nitrogen and oxygen atoms in total. The number of aliphatic hydroxyl groups excluding tert-OH is 1. The van der Waals surface area contributed by atoms with Crippen molar-refractivity contribution >= 4 is 22.9 Å². The first-order chi connectivity index (χ1) is 14.5. The Morgan fingerprint density at radius 3 is 2.37 bits per heavy atom. The average Bonchev–Trinajstić information content (AvgIpc) is 3.25. The van der Waals surface area contributed by atoms with Crippen LogP contribution >= 0.6 is 0 Å². The molecule has 2 atom stereocenters. The largest absolute Gasteiger partial charge is 0.391 e. The van der Waals surface area contributed by atoms with Crippen LogP contribution in [-0.2, 0) is 4.79 Å². The van der Waals surface area contributed by atoms with Crippen molar-refractivity contribution in [1.29, 1.82) is 0 Å². The zero-order chi connectivity index (χ0) is 20.8. The fourth-order valence-electron chi connectivity index (χ4n) is 5.32. The highest BCUT2D eigenvalue weighted by molar-refractivity contribution is 5.82. The summed E-state index contributed by atoms with van der Waals surface area (Å²) in [6, 6.07) is 5.02. The summed E-state index contributed by atoms with van der Waals surface area (Å²) in [5.41, 5.74) is 4.96. The molecule has 1 amide bonds. The molecule has 1 saturated heterocycles. The van der Waals surface area contributed by atoms with Crippen LogP contribution in [0.4, 0.5) is 5.95 Å². The maximum Gasteiger partial charge on any atom is 0.223 e. The molecule has 0 radical (unpaired) electrons. The molecule has 0 spiro atoms. The van der Waals surface area contributed by atoms with Crippen LogP contribution in [0.2, 0.25) is 0 Å². The fraction of sp³-hybridized carbons (Fsp3) is 0.667. The zero-order valence-corrected chi connectivity index (χ0v) is 18.2. The zero-order valence-electron chi connectivity index (χ0n) is 18.2. The molecular weight excluding hydrogens is 376 g/mol. The van der Waals surface area contributed by atoms with Crippen LogP contribution in [0.5, 0.6) is 0 Å². The number of carbonyl (C=O) groups is 1. The van der Waals surface area contributed by atoms with E-state index in [-0.39, 0.29) is 24.0 Å². The molecule has 5 rings (SSSR count). The molecule has 2 aromatic rings. The molecule has 2 saturated carbocycles. The Hall–Kier alpha value is -2.08. The van der Waals surface area contributed by atoms with Gasteiger partial charge < -0.3 is 19.9 Å². The number of fused-ring (bicyclic) bond motifs is 1. The van der Waals surface area contributed by atoms with Gasteiger partial charge in [-0.3, -0.25) is 4.79 Å². The predicted molar refractivity (Wildman–Crippen MR) is 119 cm³/mol. The first-order valence-corrected chi connectivity index (χ1v) is 11.7. The number of aryl methyl sites for hydroxylation is 2. The van der Waals surface area contributed by atoms with E-state index in [1.807, 2.05) is 0 Å². The van der Waals surface area contributed by atoms with E-state index in [1.54, 1.807) is 0 Å². The van der Waals surface area contributed by atoms with Crippen molar-refractivity contribution < 1.29 is 9.90 Å².